The van der Waals surface area contributed by atoms with Gasteiger partial charge in [0.1, 0.15) is 17.3 Å². The first kappa shape index (κ1) is 28.3. The Bertz CT molecular complexity index is 1740. The number of nitrogens with zero attached hydrogens (tertiary/aromatic N) is 2. The number of carbonyl (C=O) groups is 1. The van der Waals surface area contributed by atoms with E-state index in [1.165, 1.54) is 5.56 Å². The number of nitrogens with one attached hydrogen (secondary N) is 1. The maximum Gasteiger partial charge on any atom is 0.162 e. The van der Waals surface area contributed by atoms with Crippen molar-refractivity contribution in [2.45, 2.75) is 72.6 Å². The fraction of sp³-hybridized carbons (Fsp3) is 0.333. The summed E-state index contributed by atoms with van der Waals surface area (Å²) < 4.78 is 8.31. The second kappa shape index (κ2) is 10.2. The van der Waals surface area contributed by atoms with Crippen LogP contribution in [0.15, 0.2) is 78.0 Å². The number of halogens is 1. The molecule has 0 fully saturated rings. The lowest BCUT2D eigenvalue weighted by Crippen LogP contribution is -2.34. The zero-order valence-electron chi connectivity index (χ0n) is 25.4. The van der Waals surface area contributed by atoms with Gasteiger partial charge in [0.05, 0.1) is 11.4 Å². The minimum atomic E-state index is -0.276. The van der Waals surface area contributed by atoms with Crippen molar-refractivity contribution in [2.24, 2.45) is 5.41 Å². The van der Waals surface area contributed by atoms with Gasteiger partial charge in [0, 0.05) is 39.6 Å². The summed E-state index contributed by atoms with van der Waals surface area (Å²) in [7, 11) is 0. The molecule has 1 aliphatic carbocycles. The van der Waals surface area contributed by atoms with Crippen LogP contribution in [-0.4, -0.2) is 15.6 Å². The molecule has 1 N–H and O–H groups in total. The Balaban J connectivity index is 1.58. The van der Waals surface area contributed by atoms with Gasteiger partial charge < -0.3 is 10.1 Å². The maximum atomic E-state index is 14.0. The van der Waals surface area contributed by atoms with Crippen LogP contribution in [0.25, 0.3) is 5.69 Å². The summed E-state index contributed by atoms with van der Waals surface area (Å²) in [6.45, 7) is 15.1. The molecule has 6 heteroatoms. The highest BCUT2D eigenvalue weighted by atomic mass is 35.5. The molecule has 0 saturated carbocycles. The lowest BCUT2D eigenvalue weighted by atomic mass is 9.68. The monoisotopic (exact) mass is 579 g/mol. The zero-order chi connectivity index (χ0) is 30.0. The Labute approximate surface area is 253 Å². The van der Waals surface area contributed by atoms with Crippen LogP contribution in [0.5, 0.6) is 11.5 Å². The van der Waals surface area contributed by atoms with Crippen molar-refractivity contribution in [3.63, 3.8) is 0 Å². The zero-order valence-corrected chi connectivity index (χ0v) is 26.2. The van der Waals surface area contributed by atoms with Gasteiger partial charge in [0.25, 0.3) is 0 Å². The van der Waals surface area contributed by atoms with Crippen molar-refractivity contribution in [1.29, 1.82) is 0 Å². The minimum absolute atomic E-state index is 0.137. The Kier molecular flexibility index (Phi) is 6.85. The third-order valence-corrected chi connectivity index (χ3v) is 8.47. The number of ether oxygens (including phenoxy) is 1. The molecule has 2 aliphatic rings. The van der Waals surface area contributed by atoms with E-state index < -0.39 is 0 Å². The molecule has 0 saturated heterocycles. The van der Waals surface area contributed by atoms with E-state index in [9.17, 15) is 4.79 Å². The first-order valence-corrected chi connectivity index (χ1v) is 15.0. The lowest BCUT2D eigenvalue weighted by Gasteiger charge is -2.39. The van der Waals surface area contributed by atoms with Gasteiger partial charge in [-0.15, -0.1) is 0 Å². The fourth-order valence-corrected chi connectivity index (χ4v) is 6.52. The van der Waals surface area contributed by atoms with Gasteiger partial charge in [-0.05, 0) is 79.3 Å². The number of benzene rings is 3. The molecule has 42 heavy (non-hydrogen) atoms. The standard InChI is InChI=1S/C36H38ClN3O2/c1-21-11-16-28(22(2)17-21)40-34-32(33(39-40)35(3,4)5)30(31-27(38-34)19-36(6,7)20-29(31)41)23-9-8-10-26(18-23)42-25-14-12-24(37)13-15-25/h8-18,30,38H,19-20H2,1-7H3. The van der Waals surface area contributed by atoms with Crippen LogP contribution < -0.4 is 10.1 Å². The van der Waals surface area contributed by atoms with Crippen LogP contribution in [0, 0.1) is 19.3 Å². The van der Waals surface area contributed by atoms with Gasteiger partial charge in [0.2, 0.25) is 0 Å². The molecular weight excluding hydrogens is 542 g/mol. The largest absolute Gasteiger partial charge is 0.457 e. The number of carbonyl (C=O) groups excluding carboxylic acids is 1. The summed E-state index contributed by atoms with van der Waals surface area (Å²) in [5.74, 6) is 2.26. The number of anilines is 1. The number of hydrogen-bond acceptors (Lipinski definition) is 4. The fourth-order valence-electron chi connectivity index (χ4n) is 6.39. The second-order valence-corrected chi connectivity index (χ2v) is 14.0. The molecule has 1 unspecified atom stereocenters. The normalized spacial score (nSPS) is 17.9. The Morgan fingerprint density at radius 1 is 0.976 bits per heavy atom. The summed E-state index contributed by atoms with van der Waals surface area (Å²) in [5.41, 5.74) is 7.86. The Morgan fingerprint density at radius 3 is 2.40 bits per heavy atom. The van der Waals surface area contributed by atoms with E-state index in [1.54, 1.807) is 0 Å². The summed E-state index contributed by atoms with van der Waals surface area (Å²) >= 11 is 6.10. The van der Waals surface area contributed by atoms with Crippen molar-refractivity contribution >= 4 is 23.2 Å². The molecule has 6 rings (SSSR count). The Morgan fingerprint density at radius 2 is 1.71 bits per heavy atom. The van der Waals surface area contributed by atoms with Crippen molar-refractivity contribution in [3.05, 3.63) is 111 Å². The summed E-state index contributed by atoms with van der Waals surface area (Å²) in [5, 5.41) is 9.71. The van der Waals surface area contributed by atoms with Gasteiger partial charge in [-0.1, -0.05) is 76.0 Å². The molecule has 0 spiro atoms. The highest BCUT2D eigenvalue weighted by molar-refractivity contribution is 6.30. The summed E-state index contributed by atoms with van der Waals surface area (Å²) in [6, 6.07) is 21.9. The SMILES string of the molecule is Cc1ccc(-n2nc(C(C)(C)C)c3c2NC2=C(C(=O)CC(C)(C)C2)C3c2cccc(Oc3ccc(Cl)cc3)c2)c(C)c1. The number of aryl methyl sites for hydroxylation is 2. The van der Waals surface area contributed by atoms with E-state index in [0.717, 1.165) is 51.6 Å². The molecule has 2 heterocycles. The number of fused-ring (bicyclic) bond motifs is 1. The minimum Gasteiger partial charge on any atom is -0.457 e. The van der Waals surface area contributed by atoms with Crippen LogP contribution in [0.4, 0.5) is 5.82 Å². The number of aromatic nitrogens is 2. The van der Waals surface area contributed by atoms with Crippen LogP contribution in [0.3, 0.4) is 0 Å². The van der Waals surface area contributed by atoms with Gasteiger partial charge in [-0.2, -0.15) is 5.10 Å². The molecule has 3 aromatic carbocycles. The van der Waals surface area contributed by atoms with Gasteiger partial charge in [-0.25, -0.2) is 4.68 Å². The van der Waals surface area contributed by atoms with Crippen molar-refractivity contribution in [2.75, 3.05) is 5.32 Å². The van der Waals surface area contributed by atoms with E-state index in [2.05, 4.69) is 88.8 Å². The van der Waals surface area contributed by atoms with Crippen LogP contribution in [0.2, 0.25) is 5.02 Å². The third-order valence-electron chi connectivity index (χ3n) is 8.22. The Hall–Kier alpha value is -3.83. The van der Waals surface area contributed by atoms with E-state index >= 15 is 0 Å². The first-order valence-electron chi connectivity index (χ1n) is 14.6. The topological polar surface area (TPSA) is 56.2 Å². The smallest absolute Gasteiger partial charge is 0.162 e. The molecule has 1 atom stereocenters. The van der Waals surface area contributed by atoms with Gasteiger partial charge in [-0.3, -0.25) is 4.79 Å². The quantitative estimate of drug-likeness (QED) is 0.261. The highest BCUT2D eigenvalue weighted by Gasteiger charge is 2.45. The number of hydrogen-bond donors (Lipinski definition) is 1. The van der Waals surface area contributed by atoms with E-state index in [1.807, 2.05) is 36.4 Å². The summed E-state index contributed by atoms with van der Waals surface area (Å²) in [4.78, 5) is 14.0. The number of rotatable bonds is 4. The van der Waals surface area contributed by atoms with Crippen LogP contribution >= 0.6 is 11.6 Å². The molecule has 4 aromatic rings. The predicted molar refractivity (Wildman–Crippen MR) is 170 cm³/mol. The number of allylic oxidation sites excluding steroid dienone is 2. The first-order chi connectivity index (χ1) is 19.8. The molecular formula is C36H38ClN3O2. The molecule has 216 valence electrons. The lowest BCUT2D eigenvalue weighted by molar-refractivity contribution is -0.118. The van der Waals surface area contributed by atoms with Crippen molar-refractivity contribution in [3.8, 4) is 17.2 Å². The average Bonchev–Trinajstić information content (AvgIpc) is 3.28. The third kappa shape index (κ3) is 5.15. The summed E-state index contributed by atoms with van der Waals surface area (Å²) in [6.07, 6.45) is 1.30. The van der Waals surface area contributed by atoms with Crippen LogP contribution in [-0.2, 0) is 10.2 Å². The van der Waals surface area contributed by atoms with Gasteiger partial charge in [0.15, 0.2) is 5.78 Å². The molecule has 1 aromatic heterocycles. The van der Waals surface area contributed by atoms with E-state index in [4.69, 9.17) is 21.4 Å². The van der Waals surface area contributed by atoms with E-state index in [0.29, 0.717) is 22.9 Å². The number of ketones is 1. The molecule has 0 radical (unpaired) electrons. The van der Waals surface area contributed by atoms with Crippen molar-refractivity contribution < 1.29 is 9.53 Å². The van der Waals surface area contributed by atoms with Crippen LogP contribution in [0.1, 0.15) is 81.3 Å². The van der Waals surface area contributed by atoms with E-state index in [-0.39, 0.29) is 22.5 Å². The molecule has 0 bridgehead atoms. The highest BCUT2D eigenvalue weighted by Crippen LogP contribution is 2.52. The average molecular weight is 580 g/mol. The maximum absolute atomic E-state index is 14.0. The number of Topliss-reactive ketones (excluding diaryl/α,β-unsaturated/α-hetero) is 1. The molecule has 0 amide bonds. The second-order valence-electron chi connectivity index (χ2n) is 13.6. The molecule has 5 nitrogen and oxygen atoms in total. The predicted octanol–water partition coefficient (Wildman–Crippen LogP) is 9.43. The molecule has 1 aliphatic heterocycles. The van der Waals surface area contributed by atoms with Crippen molar-refractivity contribution in [1.82, 2.24) is 9.78 Å². The van der Waals surface area contributed by atoms with Gasteiger partial charge >= 0.3 is 0 Å².